The topological polar surface area (TPSA) is 84.5 Å². The Morgan fingerprint density at radius 2 is 2.00 bits per heavy atom. The monoisotopic (exact) mass is 291 g/mol. The van der Waals surface area contributed by atoms with Crippen LogP contribution in [0.5, 0.6) is 5.75 Å². The van der Waals surface area contributed by atoms with Crippen molar-refractivity contribution in [2.75, 3.05) is 0 Å². The zero-order valence-corrected chi connectivity index (χ0v) is 9.70. The van der Waals surface area contributed by atoms with Crippen LogP contribution in [0.1, 0.15) is 11.7 Å². The highest BCUT2D eigenvalue weighted by atomic mass is 79.9. The summed E-state index contributed by atoms with van der Waals surface area (Å²) >= 11 is 8.72. The van der Waals surface area contributed by atoms with Crippen LogP contribution >= 0.6 is 27.5 Å². The van der Waals surface area contributed by atoms with Crippen LogP contribution in [0.3, 0.4) is 0 Å². The van der Waals surface area contributed by atoms with Crippen molar-refractivity contribution in [1.82, 2.24) is 0 Å². The van der Waals surface area contributed by atoms with Gasteiger partial charge in [0.05, 0.1) is 10.5 Å². The molecule has 0 aliphatic carbocycles. The Kier molecular flexibility index (Phi) is 3.94. The summed E-state index contributed by atoms with van der Waals surface area (Å²) in [6, 6.07) is 4.19. The van der Waals surface area contributed by atoms with E-state index in [0.29, 0.717) is 0 Å². The van der Waals surface area contributed by atoms with Crippen molar-refractivity contribution in [3.8, 4) is 11.8 Å². The number of rotatable bonds is 2. The molecule has 0 aliphatic heterocycles. The molecule has 1 aromatic rings. The second-order valence-electron chi connectivity index (χ2n) is 2.84. The van der Waals surface area contributed by atoms with Crippen molar-refractivity contribution in [3.05, 3.63) is 27.2 Å². The maximum atomic E-state index is 9.55. The number of aliphatic hydroxyl groups excluding tert-OH is 2. The van der Waals surface area contributed by atoms with Gasteiger partial charge in [0.1, 0.15) is 11.9 Å². The van der Waals surface area contributed by atoms with Crippen molar-refractivity contribution in [2.24, 2.45) is 0 Å². The van der Waals surface area contributed by atoms with E-state index >= 15 is 0 Å². The molecule has 1 rings (SSSR count). The molecule has 2 unspecified atom stereocenters. The maximum absolute atomic E-state index is 9.55. The molecule has 0 saturated heterocycles. The molecule has 15 heavy (non-hydrogen) atoms. The summed E-state index contributed by atoms with van der Waals surface area (Å²) in [5.74, 6) is -0.249. The predicted molar refractivity (Wildman–Crippen MR) is 57.4 cm³/mol. The van der Waals surface area contributed by atoms with Gasteiger partial charge in [-0.1, -0.05) is 11.6 Å². The van der Waals surface area contributed by atoms with Crippen molar-refractivity contribution < 1.29 is 15.3 Å². The number of aliphatic hydroxyl groups is 2. The number of hydrogen-bond acceptors (Lipinski definition) is 4. The first-order chi connectivity index (χ1) is 6.97. The Balaban J connectivity index is 3.20. The molecule has 0 aromatic heterocycles. The molecule has 0 aliphatic rings. The van der Waals surface area contributed by atoms with E-state index in [1.807, 2.05) is 0 Å². The Labute approximate surface area is 99.5 Å². The first-order valence-electron chi connectivity index (χ1n) is 3.91. The summed E-state index contributed by atoms with van der Waals surface area (Å²) in [6.45, 7) is 0. The van der Waals surface area contributed by atoms with E-state index in [2.05, 4.69) is 15.9 Å². The van der Waals surface area contributed by atoms with E-state index in [0.717, 1.165) is 0 Å². The van der Waals surface area contributed by atoms with Gasteiger partial charge >= 0.3 is 0 Å². The summed E-state index contributed by atoms with van der Waals surface area (Å²) in [7, 11) is 0. The van der Waals surface area contributed by atoms with Crippen LogP contribution in [0.25, 0.3) is 0 Å². The van der Waals surface area contributed by atoms with Gasteiger partial charge in [-0.05, 0) is 28.1 Å². The average molecular weight is 293 g/mol. The molecule has 4 nitrogen and oxygen atoms in total. The first kappa shape index (κ1) is 12.3. The van der Waals surface area contributed by atoms with Gasteiger partial charge in [-0.3, -0.25) is 0 Å². The van der Waals surface area contributed by atoms with Gasteiger partial charge in [0, 0.05) is 10.6 Å². The second-order valence-corrected chi connectivity index (χ2v) is 4.13. The van der Waals surface area contributed by atoms with Gasteiger partial charge < -0.3 is 15.3 Å². The van der Waals surface area contributed by atoms with E-state index < -0.39 is 12.2 Å². The lowest BCUT2D eigenvalue weighted by molar-refractivity contribution is 0.0511. The van der Waals surface area contributed by atoms with Gasteiger partial charge in [-0.15, -0.1) is 0 Å². The first-order valence-corrected chi connectivity index (χ1v) is 5.08. The molecule has 0 bridgehead atoms. The molecule has 0 fully saturated rings. The number of aromatic hydroxyl groups is 1. The Morgan fingerprint density at radius 1 is 1.40 bits per heavy atom. The fourth-order valence-corrected chi connectivity index (χ4v) is 1.89. The molecule has 6 heteroatoms. The Hall–Kier alpha value is -0.800. The van der Waals surface area contributed by atoms with Crippen molar-refractivity contribution in [3.63, 3.8) is 0 Å². The standard InChI is InChI=1S/C9H7BrClNO3/c10-6-2-4(11)1-5(8(6)14)9(15)7(13)3-12/h1-2,7,9,13-15H. The molecule has 0 amide bonds. The fourth-order valence-electron chi connectivity index (χ4n) is 1.05. The Morgan fingerprint density at radius 3 is 2.53 bits per heavy atom. The van der Waals surface area contributed by atoms with Crippen LogP contribution in [0, 0.1) is 11.3 Å². The zero-order chi connectivity index (χ0) is 11.6. The fraction of sp³-hybridized carbons (Fsp3) is 0.222. The number of halogens is 2. The maximum Gasteiger partial charge on any atom is 0.170 e. The summed E-state index contributed by atoms with van der Waals surface area (Å²) < 4.78 is 0.286. The summed E-state index contributed by atoms with van der Waals surface area (Å²) in [6.07, 6.45) is -3.11. The van der Waals surface area contributed by atoms with Crippen molar-refractivity contribution in [1.29, 1.82) is 5.26 Å². The zero-order valence-electron chi connectivity index (χ0n) is 7.35. The molecule has 0 heterocycles. The SMILES string of the molecule is N#CC(O)C(O)c1cc(Cl)cc(Br)c1O. The van der Waals surface area contributed by atoms with Crippen LogP contribution in [-0.2, 0) is 0 Å². The summed E-state index contributed by atoms with van der Waals surface area (Å²) in [5, 5.41) is 36.8. The summed E-state index contributed by atoms with van der Waals surface area (Å²) in [5.41, 5.74) is 0.00317. The normalized spacial score (nSPS) is 14.3. The number of nitriles is 1. The van der Waals surface area contributed by atoms with Crippen molar-refractivity contribution in [2.45, 2.75) is 12.2 Å². The molecule has 0 spiro atoms. The van der Waals surface area contributed by atoms with Crippen LogP contribution < -0.4 is 0 Å². The van der Waals surface area contributed by atoms with Gasteiger partial charge in [-0.25, -0.2) is 0 Å². The van der Waals surface area contributed by atoms with E-state index in [1.54, 1.807) is 0 Å². The highest BCUT2D eigenvalue weighted by Gasteiger charge is 2.22. The summed E-state index contributed by atoms with van der Waals surface area (Å²) in [4.78, 5) is 0. The third kappa shape index (κ3) is 2.61. The Bertz CT molecular complexity index is 419. The smallest absolute Gasteiger partial charge is 0.170 e. The third-order valence-electron chi connectivity index (χ3n) is 1.81. The van der Waals surface area contributed by atoms with Crippen LogP contribution in [0.2, 0.25) is 5.02 Å². The molecule has 0 saturated carbocycles. The lowest BCUT2D eigenvalue weighted by atomic mass is 10.0. The van der Waals surface area contributed by atoms with Crippen LogP contribution in [-0.4, -0.2) is 21.4 Å². The van der Waals surface area contributed by atoms with E-state index in [9.17, 15) is 10.2 Å². The predicted octanol–water partition coefficient (Wildman–Crippen LogP) is 1.73. The number of phenols is 1. The molecule has 2 atom stereocenters. The van der Waals surface area contributed by atoms with E-state index in [4.69, 9.17) is 22.0 Å². The number of phenolic OH excluding ortho intramolecular Hbond substituents is 1. The van der Waals surface area contributed by atoms with Crippen LogP contribution in [0.15, 0.2) is 16.6 Å². The van der Waals surface area contributed by atoms with Gasteiger partial charge in [0.15, 0.2) is 6.10 Å². The highest BCUT2D eigenvalue weighted by Crippen LogP contribution is 2.35. The molecule has 1 aromatic carbocycles. The van der Waals surface area contributed by atoms with Gasteiger partial charge in [-0.2, -0.15) is 5.26 Å². The third-order valence-corrected chi connectivity index (χ3v) is 2.63. The number of benzene rings is 1. The van der Waals surface area contributed by atoms with E-state index in [-0.39, 0.29) is 20.8 Å². The lowest BCUT2D eigenvalue weighted by Crippen LogP contribution is -2.15. The number of nitrogens with zero attached hydrogens (tertiary/aromatic N) is 1. The lowest BCUT2D eigenvalue weighted by Gasteiger charge is -2.14. The molecule has 3 N–H and O–H groups in total. The largest absolute Gasteiger partial charge is 0.506 e. The average Bonchev–Trinajstić information content (AvgIpc) is 2.21. The van der Waals surface area contributed by atoms with Gasteiger partial charge in [0.25, 0.3) is 0 Å². The minimum absolute atomic E-state index is 0.00317. The van der Waals surface area contributed by atoms with Crippen LogP contribution in [0.4, 0.5) is 0 Å². The van der Waals surface area contributed by atoms with Crippen molar-refractivity contribution >= 4 is 27.5 Å². The minimum Gasteiger partial charge on any atom is -0.506 e. The second kappa shape index (κ2) is 4.81. The molecular weight excluding hydrogens is 285 g/mol. The quantitative estimate of drug-likeness (QED) is 0.725. The molecular formula is C9H7BrClNO3. The number of hydrogen-bond donors (Lipinski definition) is 3. The molecule has 0 radical (unpaired) electrons. The molecule has 80 valence electrons. The highest BCUT2D eigenvalue weighted by molar-refractivity contribution is 9.10. The van der Waals surface area contributed by atoms with Gasteiger partial charge in [0.2, 0.25) is 0 Å². The van der Waals surface area contributed by atoms with E-state index in [1.165, 1.54) is 18.2 Å². The minimum atomic E-state index is -1.61.